The molecule has 0 aromatic heterocycles. The van der Waals surface area contributed by atoms with E-state index < -0.39 is 11.9 Å². The monoisotopic (exact) mass is 365 g/mol. The molecule has 3 nitrogen and oxygen atoms in total. The normalized spacial score (nSPS) is 11.9. The van der Waals surface area contributed by atoms with Crippen molar-refractivity contribution in [2.75, 3.05) is 6.54 Å². The van der Waals surface area contributed by atoms with Crippen LogP contribution in [0.15, 0.2) is 78.9 Å². The Bertz CT molecular complexity index is 863. The highest BCUT2D eigenvalue weighted by molar-refractivity contribution is 6.30. The van der Waals surface area contributed by atoms with Crippen LogP contribution >= 0.6 is 11.6 Å². The van der Waals surface area contributed by atoms with Gasteiger partial charge < -0.3 is 10.4 Å². The molecule has 0 aliphatic heterocycles. The maximum Gasteiger partial charge on any atom is 0.312 e. The molecule has 132 valence electrons. The molecule has 0 saturated carbocycles. The van der Waals surface area contributed by atoms with E-state index in [2.05, 4.69) is 5.32 Å². The Hall–Kier alpha value is -2.62. The second kappa shape index (κ2) is 8.65. The summed E-state index contributed by atoms with van der Waals surface area (Å²) in [4.78, 5) is 11.8. The number of hydrogen-bond acceptors (Lipinski definition) is 2. The minimum absolute atomic E-state index is 0.369. The summed E-state index contributed by atoms with van der Waals surface area (Å²) in [5, 5.41) is 13.6. The Labute approximate surface area is 158 Å². The maximum atomic E-state index is 11.8. The quantitative estimate of drug-likeness (QED) is 0.621. The molecule has 3 aromatic carbocycles. The molecule has 0 amide bonds. The van der Waals surface area contributed by atoms with E-state index in [9.17, 15) is 9.90 Å². The van der Waals surface area contributed by atoms with Crippen molar-refractivity contribution in [2.45, 2.75) is 12.5 Å². The van der Waals surface area contributed by atoms with Crippen molar-refractivity contribution in [2.24, 2.45) is 0 Å². The number of rotatable bonds is 7. The van der Waals surface area contributed by atoms with Gasteiger partial charge in [-0.15, -0.1) is 0 Å². The lowest BCUT2D eigenvalue weighted by atomic mass is 9.95. The van der Waals surface area contributed by atoms with Gasteiger partial charge >= 0.3 is 5.97 Å². The molecule has 26 heavy (non-hydrogen) atoms. The highest BCUT2D eigenvalue weighted by Crippen LogP contribution is 2.25. The van der Waals surface area contributed by atoms with E-state index in [1.807, 2.05) is 78.9 Å². The molecule has 0 bridgehead atoms. The number of benzene rings is 3. The topological polar surface area (TPSA) is 49.3 Å². The zero-order valence-electron chi connectivity index (χ0n) is 14.2. The zero-order chi connectivity index (χ0) is 18.4. The van der Waals surface area contributed by atoms with Gasteiger partial charge in [0.25, 0.3) is 0 Å². The summed E-state index contributed by atoms with van der Waals surface area (Å²) in [5.74, 6) is -1.44. The van der Waals surface area contributed by atoms with E-state index in [4.69, 9.17) is 11.6 Å². The van der Waals surface area contributed by atoms with Crippen molar-refractivity contribution in [3.63, 3.8) is 0 Å². The number of halogens is 1. The van der Waals surface area contributed by atoms with E-state index in [0.717, 1.165) is 22.3 Å². The summed E-state index contributed by atoms with van der Waals surface area (Å²) >= 11 is 5.94. The lowest BCUT2D eigenvalue weighted by Gasteiger charge is -2.15. The fraction of sp³-hybridized carbons (Fsp3) is 0.136. The van der Waals surface area contributed by atoms with Crippen LogP contribution in [0.25, 0.3) is 11.1 Å². The summed E-state index contributed by atoms with van der Waals surface area (Å²) in [7, 11) is 0. The Morgan fingerprint density at radius 1 is 0.923 bits per heavy atom. The molecule has 0 spiro atoms. The summed E-state index contributed by atoms with van der Waals surface area (Å²) in [6.45, 7) is 1.01. The molecule has 0 radical (unpaired) electrons. The van der Waals surface area contributed by atoms with E-state index in [0.29, 0.717) is 18.1 Å². The predicted octanol–water partition coefficient (Wildman–Crippen LogP) is 4.97. The molecule has 0 aliphatic rings. The van der Waals surface area contributed by atoms with E-state index in [1.54, 1.807) is 0 Å². The number of hydrogen-bond donors (Lipinski definition) is 2. The third kappa shape index (κ3) is 4.72. The molecule has 2 N–H and O–H groups in total. The first-order valence-corrected chi connectivity index (χ1v) is 8.84. The molecular weight excluding hydrogens is 346 g/mol. The average molecular weight is 366 g/mol. The Kier molecular flexibility index (Phi) is 6.05. The van der Waals surface area contributed by atoms with Gasteiger partial charge in [-0.1, -0.05) is 78.3 Å². The van der Waals surface area contributed by atoms with Crippen molar-refractivity contribution in [1.82, 2.24) is 5.32 Å². The maximum absolute atomic E-state index is 11.8. The van der Waals surface area contributed by atoms with Gasteiger partial charge in [0.1, 0.15) is 0 Å². The Balaban J connectivity index is 1.74. The SMILES string of the molecule is O=C(O)C(CNCc1ccccc1)c1cccc(-c2ccc(Cl)cc2)c1. The molecule has 1 unspecified atom stereocenters. The van der Waals surface area contributed by atoms with E-state index in [-0.39, 0.29) is 0 Å². The van der Waals surface area contributed by atoms with Crippen LogP contribution in [0.5, 0.6) is 0 Å². The summed E-state index contributed by atoms with van der Waals surface area (Å²) in [6.07, 6.45) is 0. The molecule has 3 aromatic rings. The summed E-state index contributed by atoms with van der Waals surface area (Å²) < 4.78 is 0. The Morgan fingerprint density at radius 2 is 1.65 bits per heavy atom. The summed E-state index contributed by atoms with van der Waals surface area (Å²) in [6, 6.07) is 25.2. The standard InChI is InChI=1S/C22H20ClNO2/c23-20-11-9-17(10-12-20)18-7-4-8-19(13-18)21(22(25)26)15-24-14-16-5-2-1-3-6-16/h1-13,21,24H,14-15H2,(H,25,26). The number of carboxylic acids is 1. The third-order valence-electron chi connectivity index (χ3n) is 4.29. The van der Waals surface area contributed by atoms with Gasteiger partial charge in [-0.05, 0) is 34.4 Å². The zero-order valence-corrected chi connectivity index (χ0v) is 15.0. The van der Waals surface area contributed by atoms with Gasteiger partial charge in [0, 0.05) is 18.1 Å². The van der Waals surface area contributed by atoms with Crippen LogP contribution in [0.3, 0.4) is 0 Å². The molecular formula is C22H20ClNO2. The minimum Gasteiger partial charge on any atom is -0.481 e. The molecule has 3 rings (SSSR count). The van der Waals surface area contributed by atoms with Gasteiger partial charge in [0.2, 0.25) is 0 Å². The van der Waals surface area contributed by atoms with Crippen LogP contribution in [0.1, 0.15) is 17.0 Å². The number of carboxylic acid groups (broad SMARTS) is 1. The molecule has 0 aliphatic carbocycles. The molecule has 0 heterocycles. The van der Waals surface area contributed by atoms with Crippen LogP contribution in [0, 0.1) is 0 Å². The van der Waals surface area contributed by atoms with Crippen LogP contribution in [-0.2, 0) is 11.3 Å². The first-order valence-electron chi connectivity index (χ1n) is 8.47. The fourth-order valence-corrected chi connectivity index (χ4v) is 3.01. The highest BCUT2D eigenvalue weighted by Gasteiger charge is 2.19. The van der Waals surface area contributed by atoms with Gasteiger partial charge in [0.05, 0.1) is 5.92 Å². The second-order valence-corrected chi connectivity index (χ2v) is 6.58. The van der Waals surface area contributed by atoms with Crippen molar-refractivity contribution >= 4 is 17.6 Å². The first kappa shape index (κ1) is 18.2. The van der Waals surface area contributed by atoms with Crippen LogP contribution < -0.4 is 5.32 Å². The second-order valence-electron chi connectivity index (χ2n) is 6.14. The molecule has 4 heteroatoms. The fourth-order valence-electron chi connectivity index (χ4n) is 2.88. The van der Waals surface area contributed by atoms with Crippen molar-refractivity contribution in [3.05, 3.63) is 95.0 Å². The van der Waals surface area contributed by atoms with E-state index >= 15 is 0 Å². The van der Waals surface area contributed by atoms with Gasteiger partial charge in [0.15, 0.2) is 0 Å². The molecule has 1 atom stereocenters. The van der Waals surface area contributed by atoms with E-state index in [1.165, 1.54) is 0 Å². The lowest BCUT2D eigenvalue weighted by Crippen LogP contribution is -2.26. The van der Waals surface area contributed by atoms with Gasteiger partial charge in [-0.3, -0.25) is 4.79 Å². The largest absolute Gasteiger partial charge is 0.481 e. The van der Waals surface area contributed by atoms with Crippen molar-refractivity contribution < 1.29 is 9.90 Å². The lowest BCUT2D eigenvalue weighted by molar-refractivity contribution is -0.138. The highest BCUT2D eigenvalue weighted by atomic mass is 35.5. The number of aliphatic carboxylic acids is 1. The summed E-state index contributed by atoms with van der Waals surface area (Å²) in [5.41, 5.74) is 3.91. The van der Waals surface area contributed by atoms with Crippen LogP contribution in [-0.4, -0.2) is 17.6 Å². The van der Waals surface area contributed by atoms with Crippen LogP contribution in [0.4, 0.5) is 0 Å². The number of carbonyl (C=O) groups is 1. The average Bonchev–Trinajstić information content (AvgIpc) is 2.66. The smallest absolute Gasteiger partial charge is 0.312 e. The van der Waals surface area contributed by atoms with Crippen molar-refractivity contribution in [3.8, 4) is 11.1 Å². The Morgan fingerprint density at radius 3 is 2.35 bits per heavy atom. The van der Waals surface area contributed by atoms with Crippen LogP contribution in [0.2, 0.25) is 5.02 Å². The molecule has 0 fully saturated rings. The van der Waals surface area contributed by atoms with Crippen molar-refractivity contribution in [1.29, 1.82) is 0 Å². The van der Waals surface area contributed by atoms with Gasteiger partial charge in [-0.25, -0.2) is 0 Å². The predicted molar refractivity (Wildman–Crippen MR) is 105 cm³/mol. The number of nitrogens with one attached hydrogen (secondary N) is 1. The minimum atomic E-state index is -0.834. The van der Waals surface area contributed by atoms with Gasteiger partial charge in [-0.2, -0.15) is 0 Å². The molecule has 0 saturated heterocycles. The first-order chi connectivity index (χ1) is 12.6. The third-order valence-corrected chi connectivity index (χ3v) is 4.54.